The van der Waals surface area contributed by atoms with E-state index in [1.165, 1.54) is 18.2 Å². The molecule has 1 rings (SSSR count). The lowest BCUT2D eigenvalue weighted by Crippen LogP contribution is -2.23. The zero-order valence-corrected chi connectivity index (χ0v) is 10.6. The lowest BCUT2D eigenvalue weighted by atomic mass is 10.3. The van der Waals surface area contributed by atoms with Crippen LogP contribution in [0.3, 0.4) is 0 Å². The molecule has 1 N–H and O–H groups in total. The maximum atomic E-state index is 10.6. The number of hydrogen-bond acceptors (Lipinski definition) is 5. The summed E-state index contributed by atoms with van der Waals surface area (Å²) in [5.74, 6) is 0.168. The summed E-state index contributed by atoms with van der Waals surface area (Å²) in [5.41, 5.74) is -0.117. The molecule has 7 heteroatoms. The van der Waals surface area contributed by atoms with Crippen LogP contribution in [0.1, 0.15) is 6.92 Å². The average Bonchev–Trinajstić information content (AvgIpc) is 2.35. The largest absolute Gasteiger partial charge is 0.489 e. The molecule has 0 bridgehead atoms. The molecule has 0 saturated heterocycles. The molecule has 18 heavy (non-hydrogen) atoms. The molecule has 0 aromatic heterocycles. The lowest BCUT2D eigenvalue weighted by molar-refractivity contribution is -0.384. The van der Waals surface area contributed by atoms with Crippen molar-refractivity contribution in [2.45, 2.75) is 13.0 Å². The van der Waals surface area contributed by atoms with Crippen LogP contribution in [0.2, 0.25) is 5.02 Å². The number of ether oxygens (including phenoxy) is 2. The minimum Gasteiger partial charge on any atom is -0.489 e. The Morgan fingerprint density at radius 1 is 1.50 bits per heavy atom. The van der Waals surface area contributed by atoms with E-state index in [4.69, 9.17) is 21.1 Å². The molecule has 0 heterocycles. The fourth-order valence-electron chi connectivity index (χ4n) is 1.20. The van der Waals surface area contributed by atoms with Gasteiger partial charge in [0.05, 0.1) is 22.6 Å². The minimum atomic E-state index is -0.805. The molecule has 100 valence electrons. The van der Waals surface area contributed by atoms with E-state index in [0.717, 1.165) is 0 Å². The van der Waals surface area contributed by atoms with Crippen molar-refractivity contribution in [1.29, 1.82) is 0 Å². The van der Waals surface area contributed by atoms with Crippen LogP contribution in [0.4, 0.5) is 5.69 Å². The highest BCUT2D eigenvalue weighted by Gasteiger charge is 2.12. The first-order valence-corrected chi connectivity index (χ1v) is 5.75. The summed E-state index contributed by atoms with van der Waals surface area (Å²) in [5, 5.41) is 20.3. The molecule has 0 spiro atoms. The number of nitro groups is 1. The van der Waals surface area contributed by atoms with Gasteiger partial charge in [-0.3, -0.25) is 10.1 Å². The van der Waals surface area contributed by atoms with E-state index in [0.29, 0.717) is 6.61 Å². The summed E-state index contributed by atoms with van der Waals surface area (Å²) in [6.07, 6.45) is -0.805. The van der Waals surface area contributed by atoms with Crippen LogP contribution in [-0.4, -0.2) is 36.0 Å². The number of non-ortho nitro benzene ring substituents is 1. The molecule has 0 fully saturated rings. The van der Waals surface area contributed by atoms with E-state index in [-0.39, 0.29) is 29.7 Å². The number of benzene rings is 1. The van der Waals surface area contributed by atoms with Crippen LogP contribution in [0.15, 0.2) is 18.2 Å². The standard InChI is InChI=1S/C11H14ClNO5/c1-2-17-6-9(14)7-18-11-5-8(13(15)16)3-4-10(11)12/h3-5,9,14H,2,6-7H2,1H3/t9-/m0/s1. The Labute approximate surface area is 109 Å². The van der Waals surface area contributed by atoms with Gasteiger partial charge in [-0.1, -0.05) is 11.6 Å². The Bertz CT molecular complexity index is 412. The van der Waals surface area contributed by atoms with Gasteiger partial charge < -0.3 is 14.6 Å². The van der Waals surface area contributed by atoms with E-state index in [1.807, 2.05) is 6.92 Å². The SMILES string of the molecule is CCOC[C@H](O)COc1cc([N+](=O)[O-])ccc1Cl. The highest BCUT2D eigenvalue weighted by Crippen LogP contribution is 2.28. The van der Waals surface area contributed by atoms with Gasteiger partial charge in [-0.2, -0.15) is 0 Å². The predicted molar refractivity (Wildman–Crippen MR) is 66.1 cm³/mol. The van der Waals surface area contributed by atoms with Crippen LogP contribution < -0.4 is 4.74 Å². The summed E-state index contributed by atoms with van der Waals surface area (Å²) in [4.78, 5) is 10.0. The van der Waals surface area contributed by atoms with Gasteiger partial charge in [-0.05, 0) is 13.0 Å². The zero-order chi connectivity index (χ0) is 13.5. The Morgan fingerprint density at radius 3 is 2.83 bits per heavy atom. The molecule has 6 nitrogen and oxygen atoms in total. The first kappa shape index (κ1) is 14.7. The second-order valence-electron chi connectivity index (χ2n) is 3.50. The molecule has 0 saturated carbocycles. The number of aliphatic hydroxyl groups is 1. The van der Waals surface area contributed by atoms with E-state index in [2.05, 4.69) is 0 Å². The molecule has 0 amide bonds. The quantitative estimate of drug-likeness (QED) is 0.608. The fraction of sp³-hybridized carbons (Fsp3) is 0.455. The fourth-order valence-corrected chi connectivity index (χ4v) is 1.38. The Hall–Kier alpha value is -1.37. The smallest absolute Gasteiger partial charge is 0.273 e. The van der Waals surface area contributed by atoms with Gasteiger partial charge in [0.25, 0.3) is 5.69 Å². The first-order valence-electron chi connectivity index (χ1n) is 5.37. The third-order valence-corrected chi connectivity index (χ3v) is 2.38. The van der Waals surface area contributed by atoms with Crippen LogP contribution >= 0.6 is 11.6 Å². The molecular weight excluding hydrogens is 262 g/mol. The van der Waals surface area contributed by atoms with E-state index < -0.39 is 11.0 Å². The van der Waals surface area contributed by atoms with E-state index in [9.17, 15) is 15.2 Å². The maximum Gasteiger partial charge on any atom is 0.273 e. The normalized spacial score (nSPS) is 12.2. The van der Waals surface area contributed by atoms with Crippen molar-refractivity contribution >= 4 is 17.3 Å². The summed E-state index contributed by atoms with van der Waals surface area (Å²) >= 11 is 5.83. The number of aliphatic hydroxyl groups excluding tert-OH is 1. The van der Waals surface area contributed by atoms with Crippen molar-refractivity contribution in [3.63, 3.8) is 0 Å². The third-order valence-electron chi connectivity index (χ3n) is 2.07. The Balaban J connectivity index is 2.60. The molecule has 0 radical (unpaired) electrons. The molecule has 1 atom stereocenters. The monoisotopic (exact) mass is 275 g/mol. The van der Waals surface area contributed by atoms with Crippen LogP contribution in [0.5, 0.6) is 5.75 Å². The van der Waals surface area contributed by atoms with Gasteiger partial charge in [0.15, 0.2) is 0 Å². The molecule has 0 aliphatic rings. The second-order valence-corrected chi connectivity index (χ2v) is 3.90. The van der Waals surface area contributed by atoms with Crippen molar-refractivity contribution in [3.05, 3.63) is 33.3 Å². The van der Waals surface area contributed by atoms with Crippen molar-refractivity contribution in [3.8, 4) is 5.75 Å². The second kappa shape index (κ2) is 7.15. The maximum absolute atomic E-state index is 10.6. The zero-order valence-electron chi connectivity index (χ0n) is 9.84. The highest BCUT2D eigenvalue weighted by molar-refractivity contribution is 6.32. The molecule has 1 aromatic carbocycles. The molecule has 0 aliphatic carbocycles. The van der Waals surface area contributed by atoms with Crippen molar-refractivity contribution in [2.75, 3.05) is 19.8 Å². The average molecular weight is 276 g/mol. The summed E-state index contributed by atoms with van der Waals surface area (Å²) in [6.45, 7) is 2.41. The summed E-state index contributed by atoms with van der Waals surface area (Å²) < 4.78 is 10.2. The number of hydrogen-bond donors (Lipinski definition) is 1. The Morgan fingerprint density at radius 2 is 2.22 bits per heavy atom. The van der Waals surface area contributed by atoms with Gasteiger partial charge >= 0.3 is 0 Å². The van der Waals surface area contributed by atoms with Crippen LogP contribution in [-0.2, 0) is 4.74 Å². The van der Waals surface area contributed by atoms with E-state index in [1.54, 1.807) is 0 Å². The number of nitro benzene ring substituents is 1. The van der Waals surface area contributed by atoms with Gasteiger partial charge in [0.1, 0.15) is 18.5 Å². The van der Waals surface area contributed by atoms with Crippen LogP contribution in [0.25, 0.3) is 0 Å². The van der Waals surface area contributed by atoms with Crippen molar-refractivity contribution in [1.82, 2.24) is 0 Å². The van der Waals surface area contributed by atoms with Gasteiger partial charge in [0.2, 0.25) is 0 Å². The Kier molecular flexibility index (Phi) is 5.84. The topological polar surface area (TPSA) is 81.8 Å². The minimum absolute atomic E-state index is 0.0408. The van der Waals surface area contributed by atoms with Gasteiger partial charge in [0, 0.05) is 12.7 Å². The van der Waals surface area contributed by atoms with Crippen molar-refractivity contribution in [2.24, 2.45) is 0 Å². The summed E-state index contributed by atoms with van der Waals surface area (Å²) in [6, 6.07) is 3.88. The molecule has 0 aliphatic heterocycles. The molecule has 1 aromatic rings. The number of halogens is 1. The third kappa shape index (κ3) is 4.48. The number of nitrogens with zero attached hydrogens (tertiary/aromatic N) is 1. The van der Waals surface area contributed by atoms with E-state index >= 15 is 0 Å². The molecule has 0 unspecified atom stereocenters. The van der Waals surface area contributed by atoms with Gasteiger partial charge in [-0.15, -0.1) is 0 Å². The lowest BCUT2D eigenvalue weighted by Gasteiger charge is -2.12. The van der Waals surface area contributed by atoms with Crippen LogP contribution in [0, 0.1) is 10.1 Å². The molecular formula is C11H14ClNO5. The van der Waals surface area contributed by atoms with Crippen molar-refractivity contribution < 1.29 is 19.5 Å². The first-order chi connectivity index (χ1) is 8.54. The predicted octanol–water partition coefficient (Wildman–Crippen LogP) is 2.02. The summed E-state index contributed by atoms with van der Waals surface area (Å²) in [7, 11) is 0. The highest BCUT2D eigenvalue weighted by atomic mass is 35.5. The van der Waals surface area contributed by atoms with Gasteiger partial charge in [-0.25, -0.2) is 0 Å². The number of rotatable bonds is 7.